The molecule has 1 aliphatic rings. The minimum atomic E-state index is -0.262. The van der Waals surface area contributed by atoms with Gasteiger partial charge in [0.2, 0.25) is 0 Å². The van der Waals surface area contributed by atoms with E-state index >= 15 is 0 Å². The molecular formula is C11H12FN3. The molecule has 0 spiro atoms. The second kappa shape index (κ2) is 3.03. The fourth-order valence-corrected chi connectivity index (χ4v) is 2.02. The van der Waals surface area contributed by atoms with Crippen LogP contribution in [0, 0.1) is 5.82 Å². The summed E-state index contributed by atoms with van der Waals surface area (Å²) in [6, 6.07) is 5.55. The summed E-state index contributed by atoms with van der Waals surface area (Å²) < 4.78 is 15.6. The molecule has 0 amide bonds. The number of halogens is 1. The van der Waals surface area contributed by atoms with Crippen LogP contribution < -0.4 is 5.73 Å². The SMILES string of the molecule is NCc1nc2c(F)cccc2n1C1CC1. The average molecular weight is 205 g/mol. The molecule has 1 aromatic heterocycles. The van der Waals surface area contributed by atoms with E-state index in [1.807, 2.05) is 6.07 Å². The largest absolute Gasteiger partial charge is 0.324 e. The monoisotopic (exact) mass is 205 g/mol. The number of nitrogens with zero attached hydrogens (tertiary/aromatic N) is 2. The number of hydrogen-bond acceptors (Lipinski definition) is 2. The van der Waals surface area contributed by atoms with Crippen molar-refractivity contribution in [1.82, 2.24) is 9.55 Å². The molecule has 1 aromatic carbocycles. The Morgan fingerprint density at radius 1 is 1.47 bits per heavy atom. The number of imidazole rings is 1. The standard InChI is InChI=1S/C11H12FN3/c12-8-2-1-3-9-11(8)14-10(6-13)15(9)7-4-5-7/h1-3,7H,4-6,13H2. The number of para-hydroxylation sites is 1. The van der Waals surface area contributed by atoms with Gasteiger partial charge in [-0.1, -0.05) is 6.07 Å². The first kappa shape index (κ1) is 8.85. The molecule has 2 N–H and O–H groups in total. The van der Waals surface area contributed by atoms with E-state index in [0.717, 1.165) is 24.2 Å². The zero-order valence-electron chi connectivity index (χ0n) is 8.28. The van der Waals surface area contributed by atoms with E-state index in [9.17, 15) is 4.39 Å². The lowest BCUT2D eigenvalue weighted by atomic mass is 10.3. The van der Waals surface area contributed by atoms with Gasteiger partial charge in [-0.15, -0.1) is 0 Å². The van der Waals surface area contributed by atoms with Crippen molar-refractivity contribution < 1.29 is 4.39 Å². The van der Waals surface area contributed by atoms with Crippen LogP contribution in [0.3, 0.4) is 0 Å². The Hall–Kier alpha value is -1.42. The molecule has 1 heterocycles. The predicted molar refractivity (Wildman–Crippen MR) is 55.9 cm³/mol. The van der Waals surface area contributed by atoms with Crippen LogP contribution in [0.2, 0.25) is 0 Å². The Morgan fingerprint density at radius 3 is 2.93 bits per heavy atom. The molecule has 1 saturated carbocycles. The molecule has 3 rings (SSSR count). The molecule has 3 nitrogen and oxygen atoms in total. The lowest BCUT2D eigenvalue weighted by Crippen LogP contribution is -2.06. The lowest BCUT2D eigenvalue weighted by Gasteiger charge is -2.04. The Morgan fingerprint density at radius 2 is 2.27 bits per heavy atom. The van der Waals surface area contributed by atoms with E-state index in [0.29, 0.717) is 18.1 Å². The third-order valence-corrected chi connectivity index (χ3v) is 2.84. The maximum Gasteiger partial charge on any atom is 0.151 e. The molecule has 0 atom stereocenters. The second-order valence-electron chi connectivity index (χ2n) is 3.94. The van der Waals surface area contributed by atoms with Crippen LogP contribution in [0.5, 0.6) is 0 Å². The highest BCUT2D eigenvalue weighted by Gasteiger charge is 2.28. The first-order valence-corrected chi connectivity index (χ1v) is 5.16. The normalized spacial score (nSPS) is 16.1. The van der Waals surface area contributed by atoms with Crippen molar-refractivity contribution in [2.24, 2.45) is 5.73 Å². The number of hydrogen-bond donors (Lipinski definition) is 1. The van der Waals surface area contributed by atoms with E-state index in [4.69, 9.17) is 5.73 Å². The van der Waals surface area contributed by atoms with Crippen LogP contribution in [-0.2, 0) is 6.54 Å². The highest BCUT2D eigenvalue weighted by Crippen LogP contribution is 2.38. The summed E-state index contributed by atoms with van der Waals surface area (Å²) in [4.78, 5) is 4.25. The summed E-state index contributed by atoms with van der Waals surface area (Å²) in [7, 11) is 0. The smallest absolute Gasteiger partial charge is 0.151 e. The summed E-state index contributed by atoms with van der Waals surface area (Å²) in [5.74, 6) is 0.527. The topological polar surface area (TPSA) is 43.8 Å². The minimum Gasteiger partial charge on any atom is -0.324 e. The van der Waals surface area contributed by atoms with Crippen LogP contribution in [-0.4, -0.2) is 9.55 Å². The summed E-state index contributed by atoms with van der Waals surface area (Å²) in [5, 5.41) is 0. The fourth-order valence-electron chi connectivity index (χ4n) is 2.02. The van der Waals surface area contributed by atoms with Gasteiger partial charge in [-0.3, -0.25) is 0 Å². The van der Waals surface area contributed by atoms with E-state index in [-0.39, 0.29) is 5.82 Å². The van der Waals surface area contributed by atoms with Gasteiger partial charge in [-0.25, -0.2) is 9.37 Å². The molecule has 1 fully saturated rings. The maximum atomic E-state index is 13.5. The van der Waals surface area contributed by atoms with Gasteiger partial charge in [-0.05, 0) is 25.0 Å². The number of aromatic nitrogens is 2. The van der Waals surface area contributed by atoms with Crippen LogP contribution in [0.25, 0.3) is 11.0 Å². The van der Waals surface area contributed by atoms with E-state index < -0.39 is 0 Å². The van der Waals surface area contributed by atoms with Gasteiger partial charge < -0.3 is 10.3 Å². The third-order valence-electron chi connectivity index (χ3n) is 2.84. The molecule has 4 heteroatoms. The molecule has 0 bridgehead atoms. The Labute approximate surface area is 86.7 Å². The van der Waals surface area contributed by atoms with Crippen LogP contribution in [0.15, 0.2) is 18.2 Å². The van der Waals surface area contributed by atoms with Gasteiger partial charge in [0.25, 0.3) is 0 Å². The van der Waals surface area contributed by atoms with Gasteiger partial charge in [0.05, 0.1) is 12.1 Å². The minimum absolute atomic E-state index is 0.262. The zero-order valence-corrected chi connectivity index (χ0v) is 8.28. The average Bonchev–Trinajstić information content (AvgIpc) is 3.00. The summed E-state index contributed by atoms with van der Waals surface area (Å²) in [6.45, 7) is 0.366. The van der Waals surface area contributed by atoms with Crippen molar-refractivity contribution in [1.29, 1.82) is 0 Å². The Balaban J connectivity index is 2.33. The number of fused-ring (bicyclic) bond motifs is 1. The molecule has 0 radical (unpaired) electrons. The van der Waals surface area contributed by atoms with Crippen molar-refractivity contribution in [2.75, 3.05) is 0 Å². The first-order valence-electron chi connectivity index (χ1n) is 5.16. The molecule has 78 valence electrons. The molecular weight excluding hydrogens is 193 g/mol. The highest BCUT2D eigenvalue weighted by molar-refractivity contribution is 5.77. The molecule has 0 saturated heterocycles. The summed E-state index contributed by atoms with van der Waals surface area (Å²) in [6.07, 6.45) is 2.30. The van der Waals surface area contributed by atoms with Crippen molar-refractivity contribution in [2.45, 2.75) is 25.4 Å². The predicted octanol–water partition coefficient (Wildman–Crippen LogP) is 1.97. The van der Waals surface area contributed by atoms with E-state index in [2.05, 4.69) is 9.55 Å². The van der Waals surface area contributed by atoms with Crippen molar-refractivity contribution >= 4 is 11.0 Å². The van der Waals surface area contributed by atoms with Crippen LogP contribution in [0.4, 0.5) is 4.39 Å². The maximum absolute atomic E-state index is 13.5. The quantitative estimate of drug-likeness (QED) is 0.814. The summed E-state index contributed by atoms with van der Waals surface area (Å²) in [5.41, 5.74) is 6.95. The van der Waals surface area contributed by atoms with E-state index in [1.54, 1.807) is 6.07 Å². The van der Waals surface area contributed by atoms with Gasteiger partial charge in [-0.2, -0.15) is 0 Å². The van der Waals surface area contributed by atoms with Crippen LogP contribution >= 0.6 is 0 Å². The van der Waals surface area contributed by atoms with Gasteiger partial charge in [0.15, 0.2) is 5.82 Å². The lowest BCUT2D eigenvalue weighted by molar-refractivity contribution is 0.637. The van der Waals surface area contributed by atoms with Gasteiger partial charge >= 0.3 is 0 Å². The Kier molecular flexibility index (Phi) is 1.79. The summed E-state index contributed by atoms with van der Waals surface area (Å²) >= 11 is 0. The zero-order chi connectivity index (χ0) is 10.4. The number of nitrogens with two attached hydrogens (primary N) is 1. The Bertz CT molecular complexity index is 514. The molecule has 15 heavy (non-hydrogen) atoms. The van der Waals surface area contributed by atoms with Crippen LogP contribution in [0.1, 0.15) is 24.7 Å². The molecule has 1 aliphatic carbocycles. The van der Waals surface area contributed by atoms with E-state index in [1.165, 1.54) is 6.07 Å². The van der Waals surface area contributed by atoms with Gasteiger partial charge in [0, 0.05) is 6.04 Å². The number of benzene rings is 1. The highest BCUT2D eigenvalue weighted by atomic mass is 19.1. The molecule has 0 unspecified atom stereocenters. The van der Waals surface area contributed by atoms with Crippen molar-refractivity contribution in [3.8, 4) is 0 Å². The first-order chi connectivity index (χ1) is 7.31. The van der Waals surface area contributed by atoms with Crippen molar-refractivity contribution in [3.63, 3.8) is 0 Å². The van der Waals surface area contributed by atoms with Gasteiger partial charge in [0.1, 0.15) is 11.3 Å². The second-order valence-corrected chi connectivity index (χ2v) is 3.94. The third kappa shape index (κ3) is 1.25. The molecule has 2 aromatic rings. The number of rotatable bonds is 2. The fraction of sp³-hybridized carbons (Fsp3) is 0.364. The van der Waals surface area contributed by atoms with Crippen molar-refractivity contribution in [3.05, 3.63) is 29.8 Å². The molecule has 0 aliphatic heterocycles.